The van der Waals surface area contributed by atoms with Crippen molar-refractivity contribution in [3.63, 3.8) is 0 Å². The summed E-state index contributed by atoms with van der Waals surface area (Å²) in [7, 11) is 0. The van der Waals surface area contributed by atoms with Gasteiger partial charge in [-0.05, 0) is 67.2 Å². The van der Waals surface area contributed by atoms with E-state index in [0.717, 1.165) is 16.9 Å². The van der Waals surface area contributed by atoms with Crippen LogP contribution in [0.1, 0.15) is 39.5 Å². The largest absolute Gasteiger partial charge is 0.478 e. The second kappa shape index (κ2) is 8.52. The van der Waals surface area contributed by atoms with Gasteiger partial charge in [0.15, 0.2) is 5.11 Å². The van der Waals surface area contributed by atoms with Gasteiger partial charge in [0.25, 0.3) is 0 Å². The number of carboxylic acids is 1. The number of nitrogens with zero attached hydrogens (tertiary/aromatic N) is 2. The molecule has 164 valence electrons. The number of nitrogens with one attached hydrogen (secondary N) is 1. The summed E-state index contributed by atoms with van der Waals surface area (Å²) in [5.74, 6) is 0.152. The minimum absolute atomic E-state index is 0.190. The van der Waals surface area contributed by atoms with Gasteiger partial charge < -0.3 is 19.7 Å². The van der Waals surface area contributed by atoms with Gasteiger partial charge in [-0.3, -0.25) is 4.98 Å². The zero-order valence-corrected chi connectivity index (χ0v) is 18.6. The summed E-state index contributed by atoms with van der Waals surface area (Å²) in [6.07, 6.45) is 1.75. The molecule has 2 atom stereocenters. The van der Waals surface area contributed by atoms with Gasteiger partial charge in [-0.2, -0.15) is 0 Å². The summed E-state index contributed by atoms with van der Waals surface area (Å²) in [5.41, 5.74) is 3.62. The smallest absolute Gasteiger partial charge is 0.336 e. The maximum atomic E-state index is 11.7. The summed E-state index contributed by atoms with van der Waals surface area (Å²) in [6, 6.07) is 23.8. The molecule has 1 aliphatic heterocycles. The summed E-state index contributed by atoms with van der Waals surface area (Å²) >= 11 is 5.74. The van der Waals surface area contributed by atoms with E-state index >= 15 is 0 Å². The van der Waals surface area contributed by atoms with E-state index < -0.39 is 5.97 Å². The number of pyridine rings is 1. The third kappa shape index (κ3) is 3.87. The molecule has 0 amide bonds. The van der Waals surface area contributed by atoms with Crippen molar-refractivity contribution in [3.8, 4) is 11.3 Å². The van der Waals surface area contributed by atoms with Gasteiger partial charge in [-0.15, -0.1) is 0 Å². The number of hydrogen-bond acceptors (Lipinski definition) is 4. The molecule has 1 fully saturated rings. The Balaban J connectivity index is 1.62. The highest BCUT2D eigenvalue weighted by Gasteiger charge is 2.42. The lowest BCUT2D eigenvalue weighted by Gasteiger charge is -2.26. The number of benzene rings is 2. The molecule has 7 heteroatoms. The fraction of sp³-hybridized carbons (Fsp3) is 0.115. The van der Waals surface area contributed by atoms with Crippen LogP contribution in [0.3, 0.4) is 0 Å². The molecule has 1 saturated heterocycles. The second-order valence-electron chi connectivity index (χ2n) is 7.89. The summed E-state index contributed by atoms with van der Waals surface area (Å²) in [4.78, 5) is 18.3. The minimum Gasteiger partial charge on any atom is -0.478 e. The standard InChI is InChI=1S/C26H21N3O3S/c1-16-7-6-8-17(15-16)29-24(23(28-26(29)33)20-11-4-5-14-27-20)22-13-12-21(32-22)18-9-2-3-10-19(18)25(30)31/h2-15,23-24H,1H3,(H,28,33)(H,30,31)/t23-,24-/m1/s1. The Hall–Kier alpha value is -3.97. The topological polar surface area (TPSA) is 78.6 Å². The normalized spacial score (nSPS) is 17.7. The molecule has 2 aromatic heterocycles. The molecule has 2 N–H and O–H groups in total. The lowest BCUT2D eigenvalue weighted by atomic mass is 10.0. The fourth-order valence-electron chi connectivity index (χ4n) is 4.24. The first kappa shape index (κ1) is 20.9. The molecule has 1 aliphatic rings. The second-order valence-corrected chi connectivity index (χ2v) is 8.28. The Bertz CT molecular complexity index is 1340. The van der Waals surface area contributed by atoms with E-state index in [1.807, 2.05) is 60.4 Å². The van der Waals surface area contributed by atoms with Crippen LogP contribution < -0.4 is 10.2 Å². The van der Waals surface area contributed by atoms with E-state index in [1.165, 1.54) is 0 Å². The van der Waals surface area contributed by atoms with Gasteiger partial charge in [0.1, 0.15) is 17.6 Å². The lowest BCUT2D eigenvalue weighted by Crippen LogP contribution is -2.29. The molecule has 0 saturated carbocycles. The zero-order chi connectivity index (χ0) is 22.9. The van der Waals surface area contributed by atoms with Crippen molar-refractivity contribution in [2.75, 3.05) is 4.90 Å². The van der Waals surface area contributed by atoms with Crippen molar-refractivity contribution in [1.82, 2.24) is 10.3 Å². The van der Waals surface area contributed by atoms with Crippen LogP contribution in [0.5, 0.6) is 0 Å². The van der Waals surface area contributed by atoms with Crippen molar-refractivity contribution < 1.29 is 14.3 Å². The van der Waals surface area contributed by atoms with Crippen LogP contribution in [0, 0.1) is 6.92 Å². The van der Waals surface area contributed by atoms with Crippen LogP contribution in [0.25, 0.3) is 11.3 Å². The third-order valence-electron chi connectivity index (χ3n) is 5.72. The minimum atomic E-state index is -1.000. The van der Waals surface area contributed by atoms with Crippen LogP contribution in [-0.2, 0) is 0 Å². The molecule has 0 bridgehead atoms. The van der Waals surface area contributed by atoms with E-state index in [-0.39, 0.29) is 17.6 Å². The third-order valence-corrected chi connectivity index (χ3v) is 6.03. The maximum Gasteiger partial charge on any atom is 0.336 e. The summed E-state index contributed by atoms with van der Waals surface area (Å²) < 4.78 is 6.29. The molecule has 4 aromatic rings. The van der Waals surface area contributed by atoms with Crippen molar-refractivity contribution in [3.05, 3.63) is 108 Å². The molecule has 2 aromatic carbocycles. The fourth-order valence-corrected chi connectivity index (χ4v) is 4.59. The van der Waals surface area contributed by atoms with Crippen LogP contribution in [0.15, 0.2) is 89.5 Å². The van der Waals surface area contributed by atoms with Crippen LogP contribution in [-0.4, -0.2) is 21.2 Å². The number of carboxylic acid groups (broad SMARTS) is 1. The van der Waals surface area contributed by atoms with Gasteiger partial charge in [0.2, 0.25) is 0 Å². The van der Waals surface area contributed by atoms with Gasteiger partial charge in [-0.1, -0.05) is 36.4 Å². The predicted molar refractivity (Wildman–Crippen MR) is 130 cm³/mol. The number of furan rings is 1. The van der Waals surface area contributed by atoms with Gasteiger partial charge >= 0.3 is 5.97 Å². The van der Waals surface area contributed by atoms with Crippen LogP contribution in [0.4, 0.5) is 5.69 Å². The van der Waals surface area contributed by atoms with Crippen molar-refractivity contribution in [1.29, 1.82) is 0 Å². The van der Waals surface area contributed by atoms with E-state index in [2.05, 4.69) is 16.4 Å². The van der Waals surface area contributed by atoms with Gasteiger partial charge in [0.05, 0.1) is 17.3 Å². The Morgan fingerprint density at radius 2 is 1.88 bits per heavy atom. The van der Waals surface area contributed by atoms with Crippen molar-refractivity contribution in [2.45, 2.75) is 19.0 Å². The Morgan fingerprint density at radius 1 is 1.06 bits per heavy atom. The summed E-state index contributed by atoms with van der Waals surface area (Å²) in [6.45, 7) is 2.04. The lowest BCUT2D eigenvalue weighted by molar-refractivity contribution is 0.0697. The summed E-state index contributed by atoms with van der Waals surface area (Å²) in [5, 5.41) is 13.6. The van der Waals surface area contributed by atoms with Gasteiger partial charge in [-0.25, -0.2) is 4.79 Å². The first-order chi connectivity index (χ1) is 16.0. The number of aryl methyl sites for hydroxylation is 1. The number of aromatic carboxylic acids is 1. The zero-order valence-electron chi connectivity index (χ0n) is 17.8. The molecule has 33 heavy (non-hydrogen) atoms. The van der Waals surface area contributed by atoms with Crippen molar-refractivity contribution >= 4 is 29.0 Å². The Labute approximate surface area is 196 Å². The number of carbonyl (C=O) groups is 1. The SMILES string of the molecule is Cc1cccc(N2C(=S)N[C@H](c3ccccn3)[C@H]2c2ccc(-c3ccccc3C(=O)O)o2)c1. The molecule has 5 rings (SSSR count). The Kier molecular flexibility index (Phi) is 5.40. The molecular formula is C26H21N3O3S. The highest BCUT2D eigenvalue weighted by molar-refractivity contribution is 7.80. The molecule has 0 radical (unpaired) electrons. The Morgan fingerprint density at radius 3 is 2.64 bits per heavy atom. The molecular weight excluding hydrogens is 434 g/mol. The quantitative estimate of drug-likeness (QED) is 0.383. The maximum absolute atomic E-state index is 11.7. The highest BCUT2D eigenvalue weighted by atomic mass is 32.1. The first-order valence-electron chi connectivity index (χ1n) is 10.5. The predicted octanol–water partition coefficient (Wildman–Crippen LogP) is 5.53. The number of hydrogen-bond donors (Lipinski definition) is 2. The van der Waals surface area contributed by atoms with Crippen LogP contribution in [0.2, 0.25) is 0 Å². The molecule has 3 heterocycles. The van der Waals surface area contributed by atoms with E-state index in [1.54, 1.807) is 30.5 Å². The first-order valence-corrected chi connectivity index (χ1v) is 10.9. The van der Waals surface area contributed by atoms with E-state index in [4.69, 9.17) is 16.6 Å². The molecule has 0 unspecified atom stereocenters. The van der Waals surface area contributed by atoms with E-state index in [9.17, 15) is 9.90 Å². The number of aromatic nitrogens is 1. The number of anilines is 1. The van der Waals surface area contributed by atoms with E-state index in [0.29, 0.717) is 22.2 Å². The van der Waals surface area contributed by atoms with Gasteiger partial charge in [0, 0.05) is 17.4 Å². The highest BCUT2D eigenvalue weighted by Crippen LogP contribution is 2.43. The average molecular weight is 456 g/mol. The molecule has 0 spiro atoms. The monoisotopic (exact) mass is 455 g/mol. The number of rotatable bonds is 5. The van der Waals surface area contributed by atoms with Crippen LogP contribution >= 0.6 is 12.2 Å². The average Bonchev–Trinajstić information content (AvgIpc) is 3.44. The van der Waals surface area contributed by atoms with Crippen molar-refractivity contribution in [2.24, 2.45) is 0 Å². The molecule has 6 nitrogen and oxygen atoms in total. The number of thiocarbonyl (C=S) groups is 1. The molecule has 0 aliphatic carbocycles.